The first-order valence-corrected chi connectivity index (χ1v) is 7.59. The summed E-state index contributed by atoms with van der Waals surface area (Å²) >= 11 is 0. The van der Waals surface area contributed by atoms with Crippen molar-refractivity contribution in [3.05, 3.63) is 0 Å². The van der Waals surface area contributed by atoms with Crippen molar-refractivity contribution in [2.75, 3.05) is 19.6 Å². The topological polar surface area (TPSA) is 39.1 Å². The minimum Gasteiger partial charge on any atom is -0.300 e. The minimum atomic E-state index is -0.232. The third-order valence-electron chi connectivity index (χ3n) is 4.75. The first kappa shape index (κ1) is 13.8. The average Bonchev–Trinajstić information content (AvgIpc) is 2.82. The molecule has 1 heterocycles. The maximum Gasteiger partial charge on any atom is 0.108 e. The highest BCUT2D eigenvalue weighted by Gasteiger charge is 2.41. The number of nitriles is 1. The Morgan fingerprint density at radius 2 is 2.06 bits per heavy atom. The minimum absolute atomic E-state index is 0.232. The fraction of sp³-hybridized carbons (Fsp3) is 0.933. The quantitative estimate of drug-likeness (QED) is 0.832. The maximum absolute atomic E-state index is 9.47. The first-order chi connectivity index (χ1) is 8.69. The molecule has 0 spiro atoms. The lowest BCUT2D eigenvalue weighted by Crippen LogP contribution is -2.45. The second-order valence-electron chi connectivity index (χ2n) is 6.24. The van der Waals surface area contributed by atoms with Crippen LogP contribution in [0, 0.1) is 17.2 Å². The Hall–Kier alpha value is -0.590. The molecule has 2 rings (SSSR count). The van der Waals surface area contributed by atoms with Gasteiger partial charge in [-0.1, -0.05) is 13.8 Å². The van der Waals surface area contributed by atoms with E-state index in [1.165, 1.54) is 32.4 Å². The van der Waals surface area contributed by atoms with E-state index in [4.69, 9.17) is 0 Å². The van der Waals surface area contributed by atoms with Crippen LogP contribution in [0.15, 0.2) is 0 Å². The van der Waals surface area contributed by atoms with Crippen molar-refractivity contribution < 1.29 is 0 Å². The second-order valence-corrected chi connectivity index (χ2v) is 6.24. The van der Waals surface area contributed by atoms with E-state index in [-0.39, 0.29) is 5.54 Å². The highest BCUT2D eigenvalue weighted by atomic mass is 15.2. The zero-order chi connectivity index (χ0) is 13.0. The van der Waals surface area contributed by atoms with E-state index >= 15 is 0 Å². The summed E-state index contributed by atoms with van der Waals surface area (Å²) < 4.78 is 0. The van der Waals surface area contributed by atoms with Crippen LogP contribution in [0.5, 0.6) is 0 Å². The summed E-state index contributed by atoms with van der Waals surface area (Å²) in [6, 6.07) is 3.19. The van der Waals surface area contributed by atoms with Gasteiger partial charge in [-0.05, 0) is 64.1 Å². The van der Waals surface area contributed by atoms with Gasteiger partial charge in [0, 0.05) is 6.04 Å². The van der Waals surface area contributed by atoms with Crippen LogP contribution >= 0.6 is 0 Å². The molecule has 0 amide bonds. The van der Waals surface area contributed by atoms with E-state index in [0.717, 1.165) is 31.7 Å². The second kappa shape index (κ2) is 6.04. The van der Waals surface area contributed by atoms with Gasteiger partial charge in [-0.25, -0.2) is 0 Å². The molecule has 2 atom stereocenters. The standard InChI is InChI=1S/C15H27N3/c1-3-8-17-15(12-16)7-4-14(11-15)18-9-5-13(2)6-10-18/h13-14,17H,3-11H2,1-2H3. The Balaban J connectivity index is 1.88. The lowest BCUT2D eigenvalue weighted by Gasteiger charge is -2.35. The van der Waals surface area contributed by atoms with E-state index in [9.17, 15) is 5.26 Å². The van der Waals surface area contributed by atoms with Gasteiger partial charge in [-0.15, -0.1) is 0 Å². The number of nitrogens with zero attached hydrogens (tertiary/aromatic N) is 2. The number of rotatable bonds is 4. The largest absolute Gasteiger partial charge is 0.300 e. The molecule has 0 aromatic carbocycles. The van der Waals surface area contributed by atoms with Crippen LogP contribution in [0.3, 0.4) is 0 Å². The van der Waals surface area contributed by atoms with Crippen molar-refractivity contribution in [3.8, 4) is 6.07 Å². The predicted octanol–water partition coefficient (Wildman–Crippen LogP) is 2.53. The Morgan fingerprint density at radius 3 is 2.67 bits per heavy atom. The van der Waals surface area contributed by atoms with E-state index in [1.54, 1.807) is 0 Å². The molecule has 0 aromatic rings. The number of nitrogens with one attached hydrogen (secondary N) is 1. The molecular weight excluding hydrogens is 222 g/mol. The lowest BCUT2D eigenvalue weighted by molar-refractivity contribution is 0.136. The van der Waals surface area contributed by atoms with Crippen LogP contribution in [0.1, 0.15) is 52.4 Å². The average molecular weight is 249 g/mol. The Labute approximate surface area is 112 Å². The first-order valence-electron chi connectivity index (χ1n) is 7.59. The van der Waals surface area contributed by atoms with Crippen molar-refractivity contribution in [3.63, 3.8) is 0 Å². The molecule has 2 unspecified atom stereocenters. The van der Waals surface area contributed by atoms with Gasteiger partial charge in [-0.3, -0.25) is 5.32 Å². The fourth-order valence-corrected chi connectivity index (χ4v) is 3.39. The highest BCUT2D eigenvalue weighted by molar-refractivity contribution is 5.13. The smallest absolute Gasteiger partial charge is 0.108 e. The molecule has 2 fully saturated rings. The summed E-state index contributed by atoms with van der Waals surface area (Å²) in [5.41, 5.74) is -0.232. The SMILES string of the molecule is CCCNC1(C#N)CCC(N2CCC(C)CC2)C1. The molecule has 18 heavy (non-hydrogen) atoms. The molecule has 1 N–H and O–H groups in total. The van der Waals surface area contributed by atoms with E-state index < -0.39 is 0 Å². The number of hydrogen-bond donors (Lipinski definition) is 1. The van der Waals surface area contributed by atoms with Gasteiger partial charge in [0.05, 0.1) is 6.07 Å². The molecule has 1 saturated heterocycles. The van der Waals surface area contributed by atoms with Crippen LogP contribution in [0.25, 0.3) is 0 Å². The molecular formula is C15H27N3. The van der Waals surface area contributed by atoms with Gasteiger partial charge >= 0.3 is 0 Å². The van der Waals surface area contributed by atoms with Crippen LogP contribution in [0.4, 0.5) is 0 Å². The van der Waals surface area contributed by atoms with Crippen molar-refractivity contribution in [2.24, 2.45) is 5.92 Å². The number of piperidine rings is 1. The molecule has 1 aliphatic carbocycles. The molecule has 2 aliphatic rings. The number of hydrogen-bond acceptors (Lipinski definition) is 3. The monoisotopic (exact) mass is 249 g/mol. The lowest BCUT2D eigenvalue weighted by atomic mass is 9.96. The van der Waals surface area contributed by atoms with Crippen molar-refractivity contribution in [1.29, 1.82) is 5.26 Å². The van der Waals surface area contributed by atoms with Crippen LogP contribution in [-0.2, 0) is 0 Å². The van der Waals surface area contributed by atoms with Crippen molar-refractivity contribution >= 4 is 0 Å². The van der Waals surface area contributed by atoms with E-state index in [1.807, 2.05) is 0 Å². The molecule has 0 radical (unpaired) electrons. The van der Waals surface area contributed by atoms with Crippen LogP contribution in [-0.4, -0.2) is 36.1 Å². The molecule has 3 heteroatoms. The third kappa shape index (κ3) is 3.05. The van der Waals surface area contributed by atoms with Crippen LogP contribution in [0.2, 0.25) is 0 Å². The summed E-state index contributed by atoms with van der Waals surface area (Å²) in [5, 5.41) is 13.0. The molecule has 1 saturated carbocycles. The van der Waals surface area contributed by atoms with Gasteiger partial charge in [-0.2, -0.15) is 5.26 Å². The molecule has 0 aromatic heterocycles. The molecule has 0 bridgehead atoms. The fourth-order valence-electron chi connectivity index (χ4n) is 3.39. The van der Waals surface area contributed by atoms with Gasteiger partial charge < -0.3 is 4.90 Å². The van der Waals surface area contributed by atoms with Gasteiger partial charge in [0.25, 0.3) is 0 Å². The summed E-state index contributed by atoms with van der Waals surface area (Å²) in [5.74, 6) is 0.890. The summed E-state index contributed by atoms with van der Waals surface area (Å²) in [6.07, 6.45) is 7.02. The van der Waals surface area contributed by atoms with E-state index in [0.29, 0.717) is 6.04 Å². The highest BCUT2D eigenvalue weighted by Crippen LogP contribution is 2.34. The molecule has 102 valence electrons. The Bertz CT molecular complexity index is 301. The number of likely N-dealkylation sites (tertiary alicyclic amines) is 1. The predicted molar refractivity (Wildman–Crippen MR) is 74.2 cm³/mol. The zero-order valence-electron chi connectivity index (χ0n) is 11.9. The summed E-state index contributed by atoms with van der Waals surface area (Å²) in [7, 11) is 0. The summed E-state index contributed by atoms with van der Waals surface area (Å²) in [6.45, 7) is 7.96. The van der Waals surface area contributed by atoms with Gasteiger partial charge in [0.15, 0.2) is 0 Å². The van der Waals surface area contributed by atoms with Crippen molar-refractivity contribution in [2.45, 2.75) is 64.0 Å². The summed E-state index contributed by atoms with van der Waals surface area (Å²) in [4.78, 5) is 2.63. The van der Waals surface area contributed by atoms with E-state index in [2.05, 4.69) is 30.1 Å². The van der Waals surface area contributed by atoms with Crippen molar-refractivity contribution in [1.82, 2.24) is 10.2 Å². The zero-order valence-corrected chi connectivity index (χ0v) is 11.9. The molecule has 1 aliphatic heterocycles. The molecule has 3 nitrogen and oxygen atoms in total. The third-order valence-corrected chi connectivity index (χ3v) is 4.75. The van der Waals surface area contributed by atoms with Gasteiger partial charge in [0.2, 0.25) is 0 Å². The van der Waals surface area contributed by atoms with Gasteiger partial charge in [0.1, 0.15) is 5.54 Å². The Morgan fingerprint density at radius 1 is 1.33 bits per heavy atom. The van der Waals surface area contributed by atoms with Crippen LogP contribution < -0.4 is 5.32 Å². The Kier molecular flexibility index (Phi) is 4.64. The normalized spacial score (nSPS) is 34.6. The maximum atomic E-state index is 9.47.